The number of unbranched alkanes of at least 4 members (excludes halogenated alkanes) is 9. The number of esters is 1. The van der Waals surface area contributed by atoms with Crippen molar-refractivity contribution in [3.05, 3.63) is 35.1 Å². The fourth-order valence-electron chi connectivity index (χ4n) is 3.90. The predicted molar refractivity (Wildman–Crippen MR) is 122 cm³/mol. The van der Waals surface area contributed by atoms with E-state index in [9.17, 15) is 9.18 Å². The molecule has 1 aromatic carbocycles. The molecule has 0 bridgehead atoms. The molecule has 0 radical (unpaired) electrons. The molecular formula is C26H41FO4. The largest absolute Gasteiger partial charge is 0.462 e. The van der Waals surface area contributed by atoms with Crippen molar-refractivity contribution in [3.63, 3.8) is 0 Å². The summed E-state index contributed by atoms with van der Waals surface area (Å²) < 4.78 is 31.4. The van der Waals surface area contributed by atoms with E-state index >= 15 is 0 Å². The Hall–Kier alpha value is -1.46. The van der Waals surface area contributed by atoms with Crippen molar-refractivity contribution in [1.82, 2.24) is 0 Å². The van der Waals surface area contributed by atoms with Crippen LogP contribution in [0, 0.1) is 11.7 Å². The van der Waals surface area contributed by atoms with Gasteiger partial charge in [-0.2, -0.15) is 0 Å². The van der Waals surface area contributed by atoms with Gasteiger partial charge in [0.1, 0.15) is 5.82 Å². The molecule has 0 saturated carbocycles. The molecule has 0 unspecified atom stereocenters. The molecule has 5 heteroatoms. The van der Waals surface area contributed by atoms with Crippen LogP contribution in [0.4, 0.5) is 4.39 Å². The number of halogens is 1. The SMILES string of the molecule is CCCCCCCCCC1COC(c2ccc(C(=O)OCCCCCC)cc2F)OC1. The summed E-state index contributed by atoms with van der Waals surface area (Å²) in [7, 11) is 0. The Labute approximate surface area is 187 Å². The second-order valence-corrected chi connectivity index (χ2v) is 8.71. The first-order valence-electron chi connectivity index (χ1n) is 12.4. The average Bonchev–Trinajstić information content (AvgIpc) is 2.78. The van der Waals surface area contributed by atoms with Gasteiger partial charge in [0.05, 0.1) is 25.4 Å². The van der Waals surface area contributed by atoms with Crippen molar-refractivity contribution < 1.29 is 23.4 Å². The normalized spacial score (nSPS) is 18.8. The molecule has 0 amide bonds. The highest BCUT2D eigenvalue weighted by molar-refractivity contribution is 5.89. The minimum Gasteiger partial charge on any atom is -0.462 e. The van der Waals surface area contributed by atoms with E-state index in [0.29, 0.717) is 31.3 Å². The topological polar surface area (TPSA) is 44.8 Å². The van der Waals surface area contributed by atoms with Gasteiger partial charge in [-0.25, -0.2) is 9.18 Å². The van der Waals surface area contributed by atoms with Crippen LogP contribution < -0.4 is 0 Å². The Morgan fingerprint density at radius 1 is 0.935 bits per heavy atom. The van der Waals surface area contributed by atoms with Gasteiger partial charge in [-0.3, -0.25) is 0 Å². The fourth-order valence-corrected chi connectivity index (χ4v) is 3.90. The first-order valence-corrected chi connectivity index (χ1v) is 12.4. The zero-order valence-electron chi connectivity index (χ0n) is 19.5. The highest BCUT2D eigenvalue weighted by Gasteiger charge is 2.26. The van der Waals surface area contributed by atoms with Gasteiger partial charge in [0, 0.05) is 11.5 Å². The molecule has 0 atom stereocenters. The van der Waals surface area contributed by atoms with Gasteiger partial charge in [-0.15, -0.1) is 0 Å². The Kier molecular flexibility index (Phi) is 12.8. The lowest BCUT2D eigenvalue weighted by Gasteiger charge is -2.30. The molecule has 31 heavy (non-hydrogen) atoms. The first kappa shape index (κ1) is 25.8. The second-order valence-electron chi connectivity index (χ2n) is 8.71. The fraction of sp³-hybridized carbons (Fsp3) is 0.731. The van der Waals surface area contributed by atoms with Gasteiger partial charge in [0.25, 0.3) is 0 Å². The van der Waals surface area contributed by atoms with Crippen LogP contribution in [0.5, 0.6) is 0 Å². The zero-order chi connectivity index (χ0) is 22.3. The number of hydrogen-bond donors (Lipinski definition) is 0. The third-order valence-corrected chi connectivity index (χ3v) is 5.90. The Bertz CT molecular complexity index is 626. The van der Waals surface area contributed by atoms with Gasteiger partial charge in [0.2, 0.25) is 0 Å². The lowest BCUT2D eigenvalue weighted by molar-refractivity contribution is -0.207. The van der Waals surface area contributed by atoms with Crippen molar-refractivity contribution in [1.29, 1.82) is 0 Å². The standard InChI is InChI=1S/C26H41FO4/c1-3-5-7-9-10-11-12-14-21-19-30-26(31-20-21)23-16-15-22(18-24(23)27)25(28)29-17-13-8-6-4-2/h15-16,18,21,26H,3-14,17,19-20H2,1-2H3. The average molecular weight is 437 g/mol. The molecule has 1 saturated heterocycles. The third-order valence-electron chi connectivity index (χ3n) is 5.90. The number of hydrogen-bond acceptors (Lipinski definition) is 4. The van der Waals surface area contributed by atoms with Crippen LogP contribution in [0.15, 0.2) is 18.2 Å². The molecule has 1 aliphatic heterocycles. The van der Waals surface area contributed by atoms with E-state index in [1.54, 1.807) is 12.1 Å². The van der Waals surface area contributed by atoms with E-state index in [0.717, 1.165) is 32.1 Å². The molecule has 1 heterocycles. The summed E-state index contributed by atoms with van der Waals surface area (Å²) >= 11 is 0. The lowest BCUT2D eigenvalue weighted by atomic mass is 10.0. The van der Waals surface area contributed by atoms with E-state index in [1.807, 2.05) is 0 Å². The Balaban J connectivity index is 1.69. The number of rotatable bonds is 15. The van der Waals surface area contributed by atoms with Crippen LogP contribution >= 0.6 is 0 Å². The molecule has 0 N–H and O–H groups in total. The third kappa shape index (κ3) is 9.69. The van der Waals surface area contributed by atoms with Crippen molar-refractivity contribution in [2.45, 2.75) is 97.2 Å². The number of carbonyl (C=O) groups excluding carboxylic acids is 1. The monoisotopic (exact) mass is 436 g/mol. The number of carbonyl (C=O) groups is 1. The summed E-state index contributed by atoms with van der Waals surface area (Å²) in [5.74, 6) is -0.602. The van der Waals surface area contributed by atoms with Crippen molar-refractivity contribution in [3.8, 4) is 0 Å². The van der Waals surface area contributed by atoms with E-state index in [-0.39, 0.29) is 5.56 Å². The second kappa shape index (κ2) is 15.4. The molecule has 1 aromatic rings. The maximum Gasteiger partial charge on any atom is 0.338 e. The zero-order valence-corrected chi connectivity index (χ0v) is 19.5. The number of benzene rings is 1. The van der Waals surface area contributed by atoms with Crippen LogP contribution in [-0.4, -0.2) is 25.8 Å². The quantitative estimate of drug-likeness (QED) is 0.213. The lowest BCUT2D eigenvalue weighted by Crippen LogP contribution is -2.27. The van der Waals surface area contributed by atoms with Crippen LogP contribution in [0.25, 0.3) is 0 Å². The highest BCUT2D eigenvalue weighted by atomic mass is 19.1. The minimum atomic E-state index is -0.704. The summed E-state index contributed by atoms with van der Waals surface area (Å²) in [5.41, 5.74) is 0.568. The van der Waals surface area contributed by atoms with Gasteiger partial charge in [-0.1, -0.05) is 84.1 Å². The van der Waals surface area contributed by atoms with Crippen LogP contribution in [0.1, 0.15) is 113 Å². The van der Waals surface area contributed by atoms with E-state index in [2.05, 4.69) is 13.8 Å². The predicted octanol–water partition coefficient (Wildman–Crippen LogP) is 7.37. The molecule has 0 aromatic heterocycles. The summed E-state index contributed by atoms with van der Waals surface area (Å²) in [6.45, 7) is 5.91. The first-order chi connectivity index (χ1) is 15.2. The van der Waals surface area contributed by atoms with E-state index < -0.39 is 18.1 Å². The minimum absolute atomic E-state index is 0.226. The molecule has 1 aliphatic rings. The van der Waals surface area contributed by atoms with Crippen molar-refractivity contribution >= 4 is 5.97 Å². The molecule has 176 valence electrons. The molecule has 4 nitrogen and oxygen atoms in total. The summed E-state index contributed by atoms with van der Waals surface area (Å²) in [4.78, 5) is 12.1. The summed E-state index contributed by atoms with van der Waals surface area (Å²) in [5, 5.41) is 0. The maximum absolute atomic E-state index is 14.6. The van der Waals surface area contributed by atoms with Gasteiger partial charge in [0.15, 0.2) is 6.29 Å². The molecular weight excluding hydrogens is 395 g/mol. The molecule has 0 spiro atoms. The van der Waals surface area contributed by atoms with Crippen molar-refractivity contribution in [2.75, 3.05) is 19.8 Å². The Morgan fingerprint density at radius 3 is 2.19 bits per heavy atom. The van der Waals surface area contributed by atoms with Gasteiger partial charge in [-0.05, 0) is 25.0 Å². The number of ether oxygens (including phenoxy) is 3. The summed E-state index contributed by atoms with van der Waals surface area (Å²) in [6.07, 6.45) is 13.6. The van der Waals surface area contributed by atoms with Gasteiger partial charge >= 0.3 is 5.97 Å². The maximum atomic E-state index is 14.6. The van der Waals surface area contributed by atoms with Crippen molar-refractivity contribution in [2.24, 2.45) is 5.92 Å². The Morgan fingerprint density at radius 2 is 1.55 bits per heavy atom. The molecule has 1 fully saturated rings. The molecule has 0 aliphatic carbocycles. The van der Waals surface area contributed by atoms with Gasteiger partial charge < -0.3 is 14.2 Å². The highest BCUT2D eigenvalue weighted by Crippen LogP contribution is 2.29. The smallest absolute Gasteiger partial charge is 0.338 e. The van der Waals surface area contributed by atoms with Crippen LogP contribution in [-0.2, 0) is 14.2 Å². The van der Waals surface area contributed by atoms with E-state index in [4.69, 9.17) is 14.2 Å². The molecule has 2 rings (SSSR count). The van der Waals surface area contributed by atoms with Crippen LogP contribution in [0.3, 0.4) is 0 Å². The van der Waals surface area contributed by atoms with E-state index in [1.165, 1.54) is 51.0 Å². The van der Waals surface area contributed by atoms with Crippen LogP contribution in [0.2, 0.25) is 0 Å². The summed E-state index contributed by atoms with van der Waals surface area (Å²) in [6, 6.07) is 4.38.